The Morgan fingerprint density at radius 3 is 2.82 bits per heavy atom. The number of aromatic nitrogens is 2. The van der Waals surface area contributed by atoms with Gasteiger partial charge >= 0.3 is 0 Å². The van der Waals surface area contributed by atoms with E-state index in [-0.39, 0.29) is 5.82 Å². The molecule has 1 aromatic heterocycles. The summed E-state index contributed by atoms with van der Waals surface area (Å²) in [4.78, 5) is 2.97. The minimum Gasteiger partial charge on any atom is -0.328 e. The Morgan fingerprint density at radius 1 is 1.41 bits per heavy atom. The van der Waals surface area contributed by atoms with Crippen molar-refractivity contribution in [3.63, 3.8) is 0 Å². The van der Waals surface area contributed by atoms with E-state index in [9.17, 15) is 4.39 Å². The fourth-order valence-electron chi connectivity index (χ4n) is 2.33. The van der Waals surface area contributed by atoms with Gasteiger partial charge in [0, 0.05) is 6.04 Å². The van der Waals surface area contributed by atoms with Crippen LogP contribution in [-0.4, -0.2) is 9.55 Å². The lowest BCUT2D eigenvalue weighted by Gasteiger charge is -2.16. The number of hydrogen-bond acceptors (Lipinski definition) is 1. The SMILES string of the molecule is CCCC(CC)n1c(=S)[nH]c2c(F)cccc21. The lowest BCUT2D eigenvalue weighted by molar-refractivity contribution is 0.454. The molecule has 1 N–H and O–H groups in total. The molecule has 0 aliphatic rings. The van der Waals surface area contributed by atoms with Crippen molar-refractivity contribution in [2.75, 3.05) is 0 Å². The van der Waals surface area contributed by atoms with Crippen molar-refractivity contribution < 1.29 is 4.39 Å². The molecule has 0 saturated carbocycles. The second-order valence-corrected chi connectivity index (χ2v) is 4.67. The summed E-state index contributed by atoms with van der Waals surface area (Å²) in [6, 6.07) is 5.46. The van der Waals surface area contributed by atoms with E-state index < -0.39 is 0 Å². The molecule has 1 atom stereocenters. The van der Waals surface area contributed by atoms with Crippen LogP contribution in [0.4, 0.5) is 4.39 Å². The van der Waals surface area contributed by atoms with E-state index in [1.54, 1.807) is 6.07 Å². The van der Waals surface area contributed by atoms with E-state index in [1.807, 2.05) is 6.07 Å². The monoisotopic (exact) mass is 252 g/mol. The Labute approximate surface area is 105 Å². The van der Waals surface area contributed by atoms with E-state index in [2.05, 4.69) is 23.4 Å². The standard InChI is InChI=1S/C13H17FN2S/c1-3-6-9(4-2)16-11-8-5-7-10(14)12(11)15-13(16)17/h5,7-9H,3-4,6H2,1-2H3,(H,15,17). The van der Waals surface area contributed by atoms with Crippen LogP contribution in [0.5, 0.6) is 0 Å². The minimum absolute atomic E-state index is 0.237. The zero-order valence-corrected chi connectivity index (χ0v) is 11.0. The molecule has 92 valence electrons. The maximum absolute atomic E-state index is 13.6. The fourth-order valence-corrected chi connectivity index (χ4v) is 2.67. The van der Waals surface area contributed by atoms with Crippen molar-refractivity contribution in [1.82, 2.24) is 9.55 Å². The van der Waals surface area contributed by atoms with Gasteiger partial charge in [-0.15, -0.1) is 0 Å². The Bertz CT molecular complexity index is 570. The third-order valence-corrected chi connectivity index (χ3v) is 3.46. The van der Waals surface area contributed by atoms with Crippen LogP contribution in [0.3, 0.4) is 0 Å². The molecule has 1 unspecified atom stereocenters. The summed E-state index contributed by atoms with van der Waals surface area (Å²) in [7, 11) is 0. The van der Waals surface area contributed by atoms with Crippen LogP contribution >= 0.6 is 12.2 Å². The van der Waals surface area contributed by atoms with Crippen LogP contribution in [0.25, 0.3) is 11.0 Å². The van der Waals surface area contributed by atoms with Crippen molar-refractivity contribution in [3.05, 3.63) is 28.8 Å². The molecule has 2 aromatic rings. The number of H-pyrrole nitrogens is 1. The second kappa shape index (κ2) is 5.00. The number of fused-ring (bicyclic) bond motifs is 1. The Balaban J connectivity index is 2.64. The number of halogens is 1. The highest BCUT2D eigenvalue weighted by Gasteiger charge is 2.14. The van der Waals surface area contributed by atoms with Gasteiger partial charge in [0.15, 0.2) is 4.77 Å². The van der Waals surface area contributed by atoms with Crippen LogP contribution in [0, 0.1) is 10.6 Å². The highest BCUT2D eigenvalue weighted by molar-refractivity contribution is 7.71. The molecular weight excluding hydrogens is 235 g/mol. The third-order valence-electron chi connectivity index (χ3n) is 3.16. The lowest BCUT2D eigenvalue weighted by Crippen LogP contribution is -2.07. The summed E-state index contributed by atoms with van der Waals surface area (Å²) >= 11 is 5.31. The molecule has 1 heterocycles. The summed E-state index contributed by atoms with van der Waals surface area (Å²) in [5, 5.41) is 0. The van der Waals surface area contributed by atoms with Crippen molar-refractivity contribution in [2.45, 2.75) is 39.2 Å². The largest absolute Gasteiger partial charge is 0.328 e. The smallest absolute Gasteiger partial charge is 0.178 e. The van der Waals surface area contributed by atoms with Crippen molar-refractivity contribution in [3.8, 4) is 0 Å². The summed E-state index contributed by atoms with van der Waals surface area (Å²) in [6.45, 7) is 4.29. The minimum atomic E-state index is -0.237. The molecule has 4 heteroatoms. The zero-order chi connectivity index (χ0) is 12.4. The molecule has 1 aromatic carbocycles. The topological polar surface area (TPSA) is 20.7 Å². The molecule has 17 heavy (non-hydrogen) atoms. The number of benzene rings is 1. The number of hydrogen-bond donors (Lipinski definition) is 1. The number of aromatic amines is 1. The van der Waals surface area contributed by atoms with Crippen molar-refractivity contribution in [1.29, 1.82) is 0 Å². The van der Waals surface area contributed by atoms with E-state index in [4.69, 9.17) is 12.2 Å². The predicted molar refractivity (Wildman–Crippen MR) is 71.3 cm³/mol. The Hall–Kier alpha value is -1.16. The van der Waals surface area contributed by atoms with Gasteiger partial charge in [0.2, 0.25) is 0 Å². The number of rotatable bonds is 4. The highest BCUT2D eigenvalue weighted by Crippen LogP contribution is 2.25. The van der Waals surface area contributed by atoms with Crippen LogP contribution < -0.4 is 0 Å². The summed E-state index contributed by atoms with van der Waals surface area (Å²) in [5.74, 6) is -0.237. The summed E-state index contributed by atoms with van der Waals surface area (Å²) in [5.41, 5.74) is 1.39. The molecule has 0 aliphatic carbocycles. The quantitative estimate of drug-likeness (QED) is 0.789. The molecule has 0 amide bonds. The maximum atomic E-state index is 13.6. The van der Waals surface area contributed by atoms with Gasteiger partial charge in [-0.3, -0.25) is 0 Å². The number of para-hydroxylation sites is 1. The third kappa shape index (κ3) is 2.14. The van der Waals surface area contributed by atoms with Gasteiger partial charge in [0.25, 0.3) is 0 Å². The molecular formula is C13H17FN2S. The van der Waals surface area contributed by atoms with Gasteiger partial charge in [-0.1, -0.05) is 26.3 Å². The lowest BCUT2D eigenvalue weighted by atomic mass is 10.1. The van der Waals surface area contributed by atoms with Crippen LogP contribution in [0.15, 0.2) is 18.2 Å². The molecule has 2 nitrogen and oxygen atoms in total. The average Bonchev–Trinajstić information content (AvgIpc) is 2.64. The first-order valence-electron chi connectivity index (χ1n) is 6.07. The Kier molecular flexibility index (Phi) is 3.62. The van der Waals surface area contributed by atoms with Crippen LogP contribution in [0.1, 0.15) is 39.2 Å². The molecule has 0 aliphatic heterocycles. The number of nitrogens with zero attached hydrogens (tertiary/aromatic N) is 1. The highest BCUT2D eigenvalue weighted by atomic mass is 32.1. The number of imidazole rings is 1. The fraction of sp³-hybridized carbons (Fsp3) is 0.462. The molecule has 0 spiro atoms. The first-order valence-corrected chi connectivity index (χ1v) is 6.48. The second-order valence-electron chi connectivity index (χ2n) is 4.28. The van der Waals surface area contributed by atoms with Crippen molar-refractivity contribution >= 4 is 23.3 Å². The average molecular weight is 252 g/mol. The van der Waals surface area contributed by atoms with E-state index in [0.29, 0.717) is 16.3 Å². The molecule has 0 saturated heterocycles. The van der Waals surface area contributed by atoms with E-state index in [1.165, 1.54) is 6.07 Å². The van der Waals surface area contributed by atoms with E-state index >= 15 is 0 Å². The first kappa shape index (κ1) is 12.3. The summed E-state index contributed by atoms with van der Waals surface area (Å²) in [6.07, 6.45) is 3.17. The predicted octanol–water partition coefficient (Wildman–Crippen LogP) is 4.59. The first-order chi connectivity index (χ1) is 8.19. The molecule has 0 bridgehead atoms. The van der Waals surface area contributed by atoms with Gasteiger partial charge < -0.3 is 9.55 Å². The molecule has 0 fully saturated rings. The maximum Gasteiger partial charge on any atom is 0.178 e. The van der Waals surface area contributed by atoms with Crippen LogP contribution in [-0.2, 0) is 0 Å². The van der Waals surface area contributed by atoms with Gasteiger partial charge in [-0.2, -0.15) is 0 Å². The zero-order valence-electron chi connectivity index (χ0n) is 10.2. The molecule has 2 rings (SSSR count). The van der Waals surface area contributed by atoms with Crippen molar-refractivity contribution in [2.24, 2.45) is 0 Å². The van der Waals surface area contributed by atoms with E-state index in [0.717, 1.165) is 24.8 Å². The van der Waals surface area contributed by atoms with Gasteiger partial charge in [-0.25, -0.2) is 4.39 Å². The van der Waals surface area contributed by atoms with Crippen LogP contribution in [0.2, 0.25) is 0 Å². The van der Waals surface area contributed by atoms with Gasteiger partial charge in [0.05, 0.1) is 5.52 Å². The van der Waals surface area contributed by atoms with Gasteiger partial charge in [0.1, 0.15) is 11.3 Å². The normalized spacial score (nSPS) is 13.1. The number of nitrogens with one attached hydrogen (secondary N) is 1. The summed E-state index contributed by atoms with van der Waals surface area (Å²) < 4.78 is 16.3. The Morgan fingerprint density at radius 2 is 2.18 bits per heavy atom. The molecule has 0 radical (unpaired) electrons. The van der Waals surface area contributed by atoms with Gasteiger partial charge in [-0.05, 0) is 37.2 Å².